The summed E-state index contributed by atoms with van der Waals surface area (Å²) in [5.41, 5.74) is 2.07. The van der Waals surface area contributed by atoms with E-state index in [0.717, 1.165) is 16.1 Å². The van der Waals surface area contributed by atoms with E-state index in [1.807, 2.05) is 42.5 Å². The third-order valence-electron chi connectivity index (χ3n) is 4.80. The molecular formula is C24H20F3N5O2S. The van der Waals surface area contributed by atoms with Crippen LogP contribution in [0.2, 0.25) is 0 Å². The molecule has 35 heavy (non-hydrogen) atoms. The van der Waals surface area contributed by atoms with Gasteiger partial charge in [-0.1, -0.05) is 42.5 Å². The van der Waals surface area contributed by atoms with E-state index in [1.165, 1.54) is 23.9 Å². The van der Waals surface area contributed by atoms with Crippen LogP contribution in [0.1, 0.15) is 21.7 Å². The smallest absolute Gasteiger partial charge is 0.422 e. The molecule has 1 amide bonds. The van der Waals surface area contributed by atoms with Crippen LogP contribution in [0.4, 0.5) is 13.2 Å². The van der Waals surface area contributed by atoms with Gasteiger partial charge in [0, 0.05) is 11.4 Å². The topological polar surface area (TPSA) is 81.9 Å². The molecule has 0 bridgehead atoms. The van der Waals surface area contributed by atoms with Crippen molar-refractivity contribution in [3.8, 4) is 11.4 Å². The Kier molecular flexibility index (Phi) is 7.66. The number of nitrogens with zero attached hydrogens (tertiary/aromatic N) is 4. The predicted octanol–water partition coefficient (Wildman–Crippen LogP) is 4.83. The lowest BCUT2D eigenvalue weighted by Gasteiger charge is -2.11. The summed E-state index contributed by atoms with van der Waals surface area (Å²) in [6.45, 7) is -1.14. The molecule has 180 valence electrons. The number of carbonyl (C=O) groups is 1. The first-order valence-corrected chi connectivity index (χ1v) is 11.5. The number of thioether (sulfide) groups is 1. The van der Waals surface area contributed by atoms with Crippen molar-refractivity contribution in [2.75, 3.05) is 6.61 Å². The molecule has 1 aromatic heterocycles. The van der Waals surface area contributed by atoms with Gasteiger partial charge in [-0.2, -0.15) is 17.9 Å². The van der Waals surface area contributed by atoms with Crippen LogP contribution < -0.4 is 10.1 Å². The monoisotopic (exact) mass is 499 g/mol. The van der Waals surface area contributed by atoms with Gasteiger partial charge in [0.25, 0.3) is 5.91 Å². The number of hydrogen-bond acceptors (Lipinski definition) is 6. The van der Waals surface area contributed by atoms with E-state index in [-0.39, 0.29) is 18.2 Å². The number of rotatable bonds is 9. The van der Waals surface area contributed by atoms with Gasteiger partial charge in [0.2, 0.25) is 0 Å². The van der Waals surface area contributed by atoms with E-state index in [4.69, 9.17) is 4.74 Å². The maximum absolute atomic E-state index is 12.8. The molecule has 0 atom stereocenters. The molecule has 0 spiro atoms. The minimum atomic E-state index is -4.40. The second kappa shape index (κ2) is 11.0. The van der Waals surface area contributed by atoms with Gasteiger partial charge in [-0.3, -0.25) is 4.79 Å². The number of tetrazole rings is 1. The normalized spacial score (nSPS) is 11.3. The Labute approximate surface area is 203 Å². The number of alkyl halides is 3. The maximum atomic E-state index is 12.8. The fourth-order valence-electron chi connectivity index (χ4n) is 3.13. The number of aromatic nitrogens is 4. The van der Waals surface area contributed by atoms with Crippen molar-refractivity contribution >= 4 is 17.7 Å². The molecule has 0 aliphatic rings. The first-order chi connectivity index (χ1) is 16.9. The van der Waals surface area contributed by atoms with Gasteiger partial charge >= 0.3 is 6.18 Å². The van der Waals surface area contributed by atoms with E-state index in [9.17, 15) is 18.0 Å². The van der Waals surface area contributed by atoms with E-state index in [1.54, 1.807) is 28.9 Å². The summed E-state index contributed by atoms with van der Waals surface area (Å²) in [5.74, 6) is 0.931. The third-order valence-corrected chi connectivity index (χ3v) is 5.87. The molecule has 0 saturated carbocycles. The zero-order valence-electron chi connectivity index (χ0n) is 18.3. The molecule has 0 aliphatic heterocycles. The van der Waals surface area contributed by atoms with Crippen molar-refractivity contribution in [2.45, 2.75) is 23.4 Å². The third kappa shape index (κ3) is 6.82. The van der Waals surface area contributed by atoms with Crippen molar-refractivity contribution in [1.82, 2.24) is 25.5 Å². The van der Waals surface area contributed by atoms with Gasteiger partial charge < -0.3 is 10.1 Å². The lowest BCUT2D eigenvalue weighted by Crippen LogP contribution is -2.23. The summed E-state index contributed by atoms with van der Waals surface area (Å²) < 4.78 is 43.2. The Hall–Kier alpha value is -3.86. The molecule has 7 nitrogen and oxygen atoms in total. The molecule has 0 saturated heterocycles. The molecule has 0 aliphatic carbocycles. The van der Waals surface area contributed by atoms with Crippen LogP contribution in [0.5, 0.6) is 5.75 Å². The molecule has 4 aromatic rings. The highest BCUT2D eigenvalue weighted by atomic mass is 32.2. The molecule has 0 unspecified atom stereocenters. The number of nitrogens with one attached hydrogen (secondary N) is 1. The molecule has 3 aromatic carbocycles. The van der Waals surface area contributed by atoms with Crippen molar-refractivity contribution in [3.05, 3.63) is 95.8 Å². The minimum Gasteiger partial charge on any atom is -0.484 e. The van der Waals surface area contributed by atoms with Gasteiger partial charge in [-0.15, -0.1) is 16.9 Å². The van der Waals surface area contributed by atoms with Gasteiger partial charge in [0.15, 0.2) is 12.4 Å². The molecule has 0 radical (unpaired) electrons. The van der Waals surface area contributed by atoms with Crippen molar-refractivity contribution in [1.29, 1.82) is 0 Å². The number of para-hydroxylation sites is 1. The van der Waals surface area contributed by atoms with Crippen molar-refractivity contribution in [2.24, 2.45) is 0 Å². The van der Waals surface area contributed by atoms with Crippen LogP contribution >= 0.6 is 11.8 Å². The first-order valence-electron chi connectivity index (χ1n) is 10.5. The Morgan fingerprint density at radius 3 is 2.43 bits per heavy atom. The van der Waals surface area contributed by atoms with Crippen molar-refractivity contribution in [3.63, 3.8) is 0 Å². The second-order valence-corrected chi connectivity index (χ2v) is 8.37. The molecule has 11 heteroatoms. The quantitative estimate of drug-likeness (QED) is 0.333. The highest BCUT2D eigenvalue weighted by Gasteiger charge is 2.28. The largest absolute Gasteiger partial charge is 0.484 e. The first kappa shape index (κ1) is 24.3. The van der Waals surface area contributed by atoms with Crippen molar-refractivity contribution < 1.29 is 22.7 Å². The Bertz CT molecular complexity index is 1260. The average Bonchev–Trinajstić information content (AvgIpc) is 3.34. The van der Waals surface area contributed by atoms with E-state index < -0.39 is 12.8 Å². The van der Waals surface area contributed by atoms with Crippen LogP contribution in [-0.4, -0.2) is 38.9 Å². The molecule has 0 fully saturated rings. The summed E-state index contributed by atoms with van der Waals surface area (Å²) in [6.07, 6.45) is -4.40. The van der Waals surface area contributed by atoms with E-state index >= 15 is 0 Å². The molecule has 1 N–H and O–H groups in total. The average molecular weight is 500 g/mol. The van der Waals surface area contributed by atoms with Gasteiger partial charge in [-0.25, -0.2) is 0 Å². The molecule has 1 heterocycles. The van der Waals surface area contributed by atoms with Crippen LogP contribution in [0.25, 0.3) is 5.69 Å². The summed E-state index contributed by atoms with van der Waals surface area (Å²) >= 11 is 1.44. The van der Waals surface area contributed by atoms with Gasteiger partial charge in [0.05, 0.1) is 17.0 Å². The Balaban J connectivity index is 1.36. The van der Waals surface area contributed by atoms with Crippen LogP contribution in [-0.2, 0) is 12.3 Å². The number of halogens is 3. The van der Waals surface area contributed by atoms with E-state index in [2.05, 4.69) is 20.8 Å². The molecule has 4 rings (SSSR count). The standard InChI is InChI=1S/C24H20F3N5O2S/c25-24(26,27)16-34-19-12-10-17(11-13-19)14-28-23(33)20-8-4-5-9-21(20)35-15-22-29-30-31-32(22)18-6-2-1-3-7-18/h1-13H,14-16H2,(H,28,33). The fourth-order valence-corrected chi connectivity index (χ4v) is 4.09. The minimum absolute atomic E-state index is 0.108. The molecular weight excluding hydrogens is 479 g/mol. The lowest BCUT2D eigenvalue weighted by molar-refractivity contribution is -0.153. The number of ether oxygens (including phenoxy) is 1. The zero-order chi connectivity index (χ0) is 24.7. The number of carbonyl (C=O) groups excluding carboxylic acids is 1. The number of amides is 1. The Morgan fingerprint density at radius 2 is 1.69 bits per heavy atom. The number of hydrogen-bond donors (Lipinski definition) is 1. The van der Waals surface area contributed by atoms with Crippen LogP contribution in [0.3, 0.4) is 0 Å². The van der Waals surface area contributed by atoms with Crippen LogP contribution in [0, 0.1) is 0 Å². The second-order valence-electron chi connectivity index (χ2n) is 7.36. The van der Waals surface area contributed by atoms with Gasteiger partial charge in [-0.05, 0) is 52.4 Å². The van der Waals surface area contributed by atoms with E-state index in [0.29, 0.717) is 17.1 Å². The number of benzene rings is 3. The fraction of sp³-hybridized carbons (Fsp3) is 0.167. The van der Waals surface area contributed by atoms with Gasteiger partial charge in [0.1, 0.15) is 5.75 Å². The highest BCUT2D eigenvalue weighted by Crippen LogP contribution is 2.26. The Morgan fingerprint density at radius 1 is 0.971 bits per heavy atom. The summed E-state index contributed by atoms with van der Waals surface area (Å²) in [7, 11) is 0. The SMILES string of the molecule is O=C(NCc1ccc(OCC(F)(F)F)cc1)c1ccccc1SCc1nnnn1-c1ccccc1. The maximum Gasteiger partial charge on any atom is 0.422 e. The zero-order valence-corrected chi connectivity index (χ0v) is 19.1. The summed E-state index contributed by atoms with van der Waals surface area (Å²) in [4.78, 5) is 13.6. The lowest BCUT2D eigenvalue weighted by atomic mass is 10.2. The highest BCUT2D eigenvalue weighted by molar-refractivity contribution is 7.98. The summed E-state index contributed by atoms with van der Waals surface area (Å²) in [5, 5.41) is 14.8. The predicted molar refractivity (Wildman–Crippen MR) is 124 cm³/mol. The van der Waals surface area contributed by atoms with Crippen LogP contribution in [0.15, 0.2) is 83.8 Å². The summed E-state index contributed by atoms with van der Waals surface area (Å²) in [6, 6.07) is 22.8.